The summed E-state index contributed by atoms with van der Waals surface area (Å²) in [6.45, 7) is 1.24. The van der Waals surface area contributed by atoms with E-state index in [4.69, 9.17) is 16.3 Å². The molecule has 0 atom stereocenters. The van der Waals surface area contributed by atoms with Gasteiger partial charge in [-0.15, -0.1) is 0 Å². The predicted octanol–water partition coefficient (Wildman–Crippen LogP) is 4.27. The highest BCUT2D eigenvalue weighted by atomic mass is 35.5. The second-order valence-corrected chi connectivity index (χ2v) is 5.83. The maximum atomic E-state index is 13.1. The summed E-state index contributed by atoms with van der Waals surface area (Å²) >= 11 is 5.92. The van der Waals surface area contributed by atoms with Crippen molar-refractivity contribution in [3.63, 3.8) is 0 Å². The van der Waals surface area contributed by atoms with Gasteiger partial charge >= 0.3 is 0 Å². The Labute approximate surface area is 129 Å². The van der Waals surface area contributed by atoms with E-state index in [0.717, 1.165) is 18.4 Å². The Hall–Kier alpha value is -1.64. The summed E-state index contributed by atoms with van der Waals surface area (Å²) in [6.07, 6.45) is 1.44. The van der Waals surface area contributed by atoms with E-state index in [2.05, 4.69) is 0 Å². The van der Waals surface area contributed by atoms with Gasteiger partial charge in [0, 0.05) is 23.8 Å². The van der Waals surface area contributed by atoms with Gasteiger partial charge in [0.25, 0.3) is 0 Å². The highest BCUT2D eigenvalue weighted by molar-refractivity contribution is 6.30. The first-order valence-electron chi connectivity index (χ1n) is 7.16. The third-order valence-corrected chi connectivity index (χ3v) is 4.47. The van der Waals surface area contributed by atoms with Gasteiger partial charge in [-0.1, -0.05) is 41.9 Å². The summed E-state index contributed by atoms with van der Waals surface area (Å²) in [4.78, 5) is 13.1. The number of hydrogen-bond donors (Lipinski definition) is 0. The molecule has 0 spiro atoms. The first-order chi connectivity index (χ1) is 10.2. The van der Waals surface area contributed by atoms with Crippen LogP contribution in [-0.4, -0.2) is 19.0 Å². The molecule has 1 heterocycles. The zero-order valence-corrected chi connectivity index (χ0v) is 12.5. The molecule has 0 saturated carbocycles. The highest BCUT2D eigenvalue weighted by Crippen LogP contribution is 2.38. The third-order valence-electron chi connectivity index (χ3n) is 4.21. The molecule has 1 aliphatic rings. The molecular formula is C18H17ClO2. The minimum atomic E-state index is -0.479. The van der Waals surface area contributed by atoms with E-state index in [-0.39, 0.29) is 5.78 Å². The lowest BCUT2D eigenvalue weighted by atomic mass is 9.69. The van der Waals surface area contributed by atoms with E-state index in [0.29, 0.717) is 23.8 Å². The summed E-state index contributed by atoms with van der Waals surface area (Å²) in [7, 11) is 0. The number of Topliss-reactive ketones (excluding diaryl/α,β-unsaturated/α-hetero) is 1. The lowest BCUT2D eigenvalue weighted by Gasteiger charge is -2.36. The van der Waals surface area contributed by atoms with Crippen LogP contribution in [0.4, 0.5) is 0 Å². The average Bonchev–Trinajstić information content (AvgIpc) is 2.56. The Morgan fingerprint density at radius 1 is 0.952 bits per heavy atom. The highest BCUT2D eigenvalue weighted by Gasteiger charge is 2.41. The van der Waals surface area contributed by atoms with Crippen LogP contribution in [-0.2, 0) is 10.2 Å². The van der Waals surface area contributed by atoms with E-state index >= 15 is 0 Å². The normalized spacial score (nSPS) is 17.4. The van der Waals surface area contributed by atoms with E-state index < -0.39 is 5.41 Å². The van der Waals surface area contributed by atoms with Crippen LogP contribution >= 0.6 is 11.6 Å². The average molecular weight is 301 g/mol. The van der Waals surface area contributed by atoms with Crippen molar-refractivity contribution < 1.29 is 9.53 Å². The summed E-state index contributed by atoms with van der Waals surface area (Å²) in [6, 6.07) is 17.2. The smallest absolute Gasteiger partial charge is 0.173 e. The second kappa shape index (κ2) is 6.00. The third kappa shape index (κ3) is 2.74. The molecule has 108 valence electrons. The van der Waals surface area contributed by atoms with Gasteiger partial charge in [0.15, 0.2) is 5.78 Å². The molecule has 2 aromatic carbocycles. The molecule has 3 heteroatoms. The van der Waals surface area contributed by atoms with Crippen molar-refractivity contribution in [1.82, 2.24) is 0 Å². The van der Waals surface area contributed by atoms with Crippen molar-refractivity contribution in [2.75, 3.05) is 13.2 Å². The molecule has 1 saturated heterocycles. The molecule has 1 aliphatic heterocycles. The SMILES string of the molecule is O=C(c1ccc(Cl)cc1)C1(c2ccccc2)CCOCC1. The van der Waals surface area contributed by atoms with Gasteiger partial charge in [-0.3, -0.25) is 4.79 Å². The fourth-order valence-corrected chi connectivity index (χ4v) is 3.13. The minimum absolute atomic E-state index is 0.161. The van der Waals surface area contributed by atoms with E-state index in [1.165, 1.54) is 0 Å². The van der Waals surface area contributed by atoms with Gasteiger partial charge in [0.2, 0.25) is 0 Å². The van der Waals surface area contributed by atoms with Crippen LogP contribution in [0.3, 0.4) is 0 Å². The second-order valence-electron chi connectivity index (χ2n) is 5.40. The molecule has 0 bridgehead atoms. The number of carbonyl (C=O) groups is 1. The fraction of sp³-hybridized carbons (Fsp3) is 0.278. The molecule has 0 N–H and O–H groups in total. The number of halogens is 1. The standard InChI is InChI=1S/C18H17ClO2/c19-16-8-6-14(7-9-16)17(20)18(10-12-21-13-11-18)15-4-2-1-3-5-15/h1-9H,10-13H2. The van der Waals surface area contributed by atoms with Crippen molar-refractivity contribution in [3.8, 4) is 0 Å². The van der Waals surface area contributed by atoms with Crippen molar-refractivity contribution in [1.29, 1.82) is 0 Å². The number of ketones is 1. The first kappa shape index (κ1) is 14.3. The van der Waals surface area contributed by atoms with E-state index in [9.17, 15) is 4.79 Å². The van der Waals surface area contributed by atoms with Crippen LogP contribution in [0.2, 0.25) is 5.02 Å². The van der Waals surface area contributed by atoms with Crippen molar-refractivity contribution in [2.45, 2.75) is 18.3 Å². The maximum Gasteiger partial charge on any atom is 0.173 e. The Kier molecular flexibility index (Phi) is 4.09. The molecule has 2 nitrogen and oxygen atoms in total. The molecule has 3 rings (SSSR count). The number of rotatable bonds is 3. The summed E-state index contributed by atoms with van der Waals surface area (Å²) in [5.74, 6) is 0.161. The lowest BCUT2D eigenvalue weighted by molar-refractivity contribution is 0.0424. The molecule has 0 aliphatic carbocycles. The van der Waals surface area contributed by atoms with Crippen molar-refractivity contribution in [2.24, 2.45) is 0 Å². The zero-order valence-electron chi connectivity index (χ0n) is 11.7. The number of carbonyl (C=O) groups excluding carboxylic acids is 1. The van der Waals surface area contributed by atoms with E-state index in [1.54, 1.807) is 12.1 Å². The molecule has 1 fully saturated rings. The molecule has 0 unspecified atom stereocenters. The number of hydrogen-bond acceptors (Lipinski definition) is 2. The maximum absolute atomic E-state index is 13.1. The van der Waals surface area contributed by atoms with Gasteiger partial charge in [-0.25, -0.2) is 0 Å². The van der Waals surface area contributed by atoms with Crippen LogP contribution in [0.15, 0.2) is 54.6 Å². The van der Waals surface area contributed by atoms with Gasteiger partial charge in [0.05, 0.1) is 5.41 Å². The predicted molar refractivity (Wildman–Crippen MR) is 84.0 cm³/mol. The Balaban J connectivity index is 2.03. The lowest BCUT2D eigenvalue weighted by Crippen LogP contribution is -2.41. The van der Waals surface area contributed by atoms with Crippen LogP contribution in [0, 0.1) is 0 Å². The Bertz CT molecular complexity index is 613. The van der Waals surface area contributed by atoms with E-state index in [1.807, 2.05) is 42.5 Å². The quantitative estimate of drug-likeness (QED) is 0.791. The Morgan fingerprint density at radius 3 is 2.19 bits per heavy atom. The molecule has 0 aromatic heterocycles. The van der Waals surface area contributed by atoms with Gasteiger partial charge < -0.3 is 4.74 Å². The topological polar surface area (TPSA) is 26.3 Å². The van der Waals surface area contributed by atoms with Crippen molar-refractivity contribution >= 4 is 17.4 Å². The minimum Gasteiger partial charge on any atom is -0.381 e. The van der Waals surface area contributed by atoms with Gasteiger partial charge in [-0.2, -0.15) is 0 Å². The molecule has 2 aromatic rings. The molecule has 0 amide bonds. The fourth-order valence-electron chi connectivity index (χ4n) is 3.00. The van der Waals surface area contributed by atoms with Crippen LogP contribution in [0.25, 0.3) is 0 Å². The zero-order chi connectivity index (χ0) is 14.7. The first-order valence-corrected chi connectivity index (χ1v) is 7.54. The van der Waals surface area contributed by atoms with Gasteiger partial charge in [-0.05, 0) is 42.7 Å². The van der Waals surface area contributed by atoms with Crippen LogP contribution < -0.4 is 0 Å². The molecule has 21 heavy (non-hydrogen) atoms. The number of ether oxygens (including phenoxy) is 1. The van der Waals surface area contributed by atoms with Crippen molar-refractivity contribution in [3.05, 3.63) is 70.7 Å². The molecule has 0 radical (unpaired) electrons. The van der Waals surface area contributed by atoms with Crippen LogP contribution in [0.5, 0.6) is 0 Å². The molecular weight excluding hydrogens is 284 g/mol. The number of benzene rings is 2. The monoisotopic (exact) mass is 300 g/mol. The van der Waals surface area contributed by atoms with Gasteiger partial charge in [0.1, 0.15) is 0 Å². The van der Waals surface area contributed by atoms with Crippen LogP contribution in [0.1, 0.15) is 28.8 Å². The summed E-state index contributed by atoms with van der Waals surface area (Å²) in [5.41, 5.74) is 1.31. The summed E-state index contributed by atoms with van der Waals surface area (Å²) in [5, 5.41) is 0.646. The Morgan fingerprint density at radius 2 is 1.57 bits per heavy atom. The largest absolute Gasteiger partial charge is 0.381 e. The summed E-state index contributed by atoms with van der Waals surface area (Å²) < 4.78 is 5.48.